The van der Waals surface area contributed by atoms with Crippen LogP contribution in [-0.2, 0) is 9.53 Å². The molecule has 5 nitrogen and oxygen atoms in total. The Morgan fingerprint density at radius 3 is 3.00 bits per heavy atom. The smallest absolute Gasteiger partial charge is 0.328 e. The van der Waals surface area contributed by atoms with Crippen LogP contribution in [0.4, 0.5) is 0 Å². The van der Waals surface area contributed by atoms with E-state index in [1.807, 2.05) is 0 Å². The maximum absolute atomic E-state index is 12.3. The van der Waals surface area contributed by atoms with Crippen LogP contribution in [0.5, 0.6) is 0 Å². The highest BCUT2D eigenvalue weighted by Gasteiger charge is 2.33. The standard InChI is InChI=1S/C13H18N2O3/c1-2-18-13(17)11-7-3-4-9-15(11)12(16)10-6-5-8-14-10/h5-6,8,11,14H,2-4,7,9H2,1H3. The molecule has 1 saturated heterocycles. The van der Waals surface area contributed by atoms with E-state index in [1.165, 1.54) is 0 Å². The fourth-order valence-corrected chi connectivity index (χ4v) is 2.28. The number of hydrogen-bond acceptors (Lipinski definition) is 3. The number of H-pyrrole nitrogens is 1. The molecule has 18 heavy (non-hydrogen) atoms. The molecule has 0 aromatic carbocycles. The second-order valence-electron chi connectivity index (χ2n) is 4.35. The first kappa shape index (κ1) is 12.7. The average molecular weight is 250 g/mol. The molecule has 2 rings (SSSR count). The highest BCUT2D eigenvalue weighted by molar-refractivity contribution is 5.95. The molecule has 0 radical (unpaired) electrons. The van der Waals surface area contributed by atoms with Gasteiger partial charge in [-0.25, -0.2) is 4.79 Å². The van der Waals surface area contributed by atoms with Crippen molar-refractivity contribution in [1.29, 1.82) is 0 Å². The van der Waals surface area contributed by atoms with Gasteiger partial charge in [0.1, 0.15) is 11.7 Å². The van der Waals surface area contributed by atoms with Crippen LogP contribution in [0.25, 0.3) is 0 Å². The first-order valence-electron chi connectivity index (χ1n) is 6.35. The number of ether oxygens (including phenoxy) is 1. The summed E-state index contributed by atoms with van der Waals surface area (Å²) in [5.74, 6) is -0.421. The number of piperidine rings is 1. The Balaban J connectivity index is 2.12. The summed E-state index contributed by atoms with van der Waals surface area (Å²) in [7, 11) is 0. The molecule has 5 heteroatoms. The van der Waals surface area contributed by atoms with Gasteiger partial charge in [-0.15, -0.1) is 0 Å². The van der Waals surface area contributed by atoms with Gasteiger partial charge in [0.2, 0.25) is 0 Å². The van der Waals surface area contributed by atoms with Gasteiger partial charge in [0.25, 0.3) is 5.91 Å². The summed E-state index contributed by atoms with van der Waals surface area (Å²) in [6, 6.07) is 3.06. The molecule has 1 fully saturated rings. The average Bonchev–Trinajstić information content (AvgIpc) is 2.92. The van der Waals surface area contributed by atoms with Crippen LogP contribution >= 0.6 is 0 Å². The van der Waals surface area contributed by atoms with Crippen molar-refractivity contribution in [2.45, 2.75) is 32.2 Å². The van der Waals surface area contributed by atoms with Crippen LogP contribution in [0.1, 0.15) is 36.7 Å². The van der Waals surface area contributed by atoms with E-state index >= 15 is 0 Å². The highest BCUT2D eigenvalue weighted by Crippen LogP contribution is 2.20. The lowest BCUT2D eigenvalue weighted by atomic mass is 10.0. The lowest BCUT2D eigenvalue weighted by molar-refractivity contribution is -0.149. The molecule has 1 amide bonds. The van der Waals surface area contributed by atoms with Crippen molar-refractivity contribution in [2.75, 3.05) is 13.2 Å². The maximum Gasteiger partial charge on any atom is 0.328 e. The molecule has 1 aliphatic heterocycles. The van der Waals surface area contributed by atoms with Crippen LogP contribution in [0.3, 0.4) is 0 Å². The molecule has 1 aromatic rings. The Hall–Kier alpha value is -1.78. The summed E-state index contributed by atoms with van der Waals surface area (Å²) in [5, 5.41) is 0. The minimum Gasteiger partial charge on any atom is -0.464 e. The predicted octanol–water partition coefficient (Wildman–Crippen LogP) is 1.57. The number of amides is 1. The van der Waals surface area contributed by atoms with E-state index < -0.39 is 6.04 Å². The van der Waals surface area contributed by atoms with Crippen LogP contribution in [-0.4, -0.2) is 41.0 Å². The minimum absolute atomic E-state index is 0.127. The number of aromatic nitrogens is 1. The number of hydrogen-bond donors (Lipinski definition) is 1. The summed E-state index contributed by atoms with van der Waals surface area (Å²) in [5.41, 5.74) is 0.520. The largest absolute Gasteiger partial charge is 0.464 e. The molecule has 0 saturated carbocycles. The van der Waals surface area contributed by atoms with Gasteiger partial charge in [0.05, 0.1) is 6.61 Å². The zero-order chi connectivity index (χ0) is 13.0. The van der Waals surface area contributed by atoms with Crippen molar-refractivity contribution >= 4 is 11.9 Å². The maximum atomic E-state index is 12.3. The third kappa shape index (κ3) is 2.55. The molecule has 0 spiro atoms. The molecule has 0 aliphatic carbocycles. The number of aromatic amines is 1. The Morgan fingerprint density at radius 2 is 2.33 bits per heavy atom. The van der Waals surface area contributed by atoms with Crippen molar-refractivity contribution < 1.29 is 14.3 Å². The Bertz CT molecular complexity index is 414. The SMILES string of the molecule is CCOC(=O)C1CCCCN1C(=O)c1ccc[nH]1. The fraction of sp³-hybridized carbons (Fsp3) is 0.538. The van der Waals surface area contributed by atoms with E-state index in [2.05, 4.69) is 4.98 Å². The summed E-state index contributed by atoms with van der Waals surface area (Å²) < 4.78 is 5.04. The van der Waals surface area contributed by atoms with Crippen molar-refractivity contribution in [1.82, 2.24) is 9.88 Å². The van der Waals surface area contributed by atoms with Crippen LogP contribution in [0.2, 0.25) is 0 Å². The van der Waals surface area contributed by atoms with Gasteiger partial charge in [-0.2, -0.15) is 0 Å². The Labute approximate surface area is 106 Å². The van der Waals surface area contributed by atoms with Crippen LogP contribution < -0.4 is 0 Å². The number of carbonyl (C=O) groups is 2. The number of esters is 1. The van der Waals surface area contributed by atoms with Gasteiger partial charge in [0.15, 0.2) is 0 Å². The van der Waals surface area contributed by atoms with E-state index in [0.717, 1.165) is 12.8 Å². The van der Waals surface area contributed by atoms with Crippen molar-refractivity contribution in [3.63, 3.8) is 0 Å². The third-order valence-electron chi connectivity index (χ3n) is 3.15. The van der Waals surface area contributed by atoms with Gasteiger partial charge in [0, 0.05) is 12.7 Å². The minimum atomic E-state index is -0.436. The topological polar surface area (TPSA) is 62.4 Å². The van der Waals surface area contributed by atoms with Gasteiger partial charge >= 0.3 is 5.97 Å². The number of likely N-dealkylation sites (tertiary alicyclic amines) is 1. The molecule has 98 valence electrons. The second kappa shape index (κ2) is 5.71. The van der Waals surface area contributed by atoms with Crippen molar-refractivity contribution in [3.05, 3.63) is 24.0 Å². The molecule has 1 unspecified atom stereocenters. The molecular formula is C13H18N2O3. The molecule has 1 aliphatic rings. The molecule has 0 bridgehead atoms. The third-order valence-corrected chi connectivity index (χ3v) is 3.15. The fourth-order valence-electron chi connectivity index (χ4n) is 2.28. The monoisotopic (exact) mass is 250 g/mol. The van der Waals surface area contributed by atoms with Gasteiger partial charge in [-0.3, -0.25) is 4.79 Å². The normalized spacial score (nSPS) is 19.6. The second-order valence-corrected chi connectivity index (χ2v) is 4.35. The summed E-state index contributed by atoms with van der Waals surface area (Å²) in [6.45, 7) is 2.74. The van der Waals surface area contributed by atoms with Crippen LogP contribution in [0, 0.1) is 0 Å². The molecule has 2 heterocycles. The van der Waals surface area contributed by atoms with E-state index in [4.69, 9.17) is 4.74 Å². The van der Waals surface area contributed by atoms with E-state index in [-0.39, 0.29) is 11.9 Å². The lowest BCUT2D eigenvalue weighted by Crippen LogP contribution is -2.48. The number of nitrogens with one attached hydrogen (secondary N) is 1. The summed E-state index contributed by atoms with van der Waals surface area (Å²) in [4.78, 5) is 28.6. The number of nitrogens with zero attached hydrogens (tertiary/aromatic N) is 1. The number of rotatable bonds is 3. The van der Waals surface area contributed by atoms with Crippen LogP contribution in [0.15, 0.2) is 18.3 Å². The van der Waals surface area contributed by atoms with Crippen molar-refractivity contribution in [2.24, 2.45) is 0 Å². The number of carbonyl (C=O) groups excluding carboxylic acids is 2. The first-order valence-corrected chi connectivity index (χ1v) is 6.35. The highest BCUT2D eigenvalue weighted by atomic mass is 16.5. The quantitative estimate of drug-likeness (QED) is 0.828. The zero-order valence-corrected chi connectivity index (χ0v) is 10.5. The first-order chi connectivity index (χ1) is 8.74. The summed E-state index contributed by atoms with van der Waals surface area (Å²) >= 11 is 0. The Kier molecular flexibility index (Phi) is 4.02. The molecular weight excluding hydrogens is 232 g/mol. The predicted molar refractivity (Wildman–Crippen MR) is 66.1 cm³/mol. The van der Waals surface area contributed by atoms with E-state index in [1.54, 1.807) is 30.2 Å². The van der Waals surface area contributed by atoms with E-state index in [0.29, 0.717) is 25.3 Å². The zero-order valence-electron chi connectivity index (χ0n) is 10.5. The molecule has 1 N–H and O–H groups in total. The van der Waals surface area contributed by atoms with Gasteiger partial charge in [-0.05, 0) is 38.3 Å². The van der Waals surface area contributed by atoms with Gasteiger partial charge in [-0.1, -0.05) is 0 Å². The van der Waals surface area contributed by atoms with E-state index in [9.17, 15) is 9.59 Å². The Morgan fingerprint density at radius 1 is 1.50 bits per heavy atom. The molecule has 1 aromatic heterocycles. The summed E-state index contributed by atoms with van der Waals surface area (Å²) in [6.07, 6.45) is 4.28. The molecule has 1 atom stereocenters. The van der Waals surface area contributed by atoms with Crippen molar-refractivity contribution in [3.8, 4) is 0 Å². The lowest BCUT2D eigenvalue weighted by Gasteiger charge is -2.33. The van der Waals surface area contributed by atoms with Gasteiger partial charge < -0.3 is 14.6 Å².